The molecule has 2 aromatic heterocycles. The summed E-state index contributed by atoms with van der Waals surface area (Å²) < 4.78 is 22.5. The second kappa shape index (κ2) is 12.9. The van der Waals surface area contributed by atoms with Crippen LogP contribution in [0.1, 0.15) is 36.1 Å². The van der Waals surface area contributed by atoms with Crippen LogP contribution >= 0.6 is 0 Å². The molecule has 6 heteroatoms. The van der Waals surface area contributed by atoms with Crippen LogP contribution in [0.4, 0.5) is 0 Å². The molecular weight excluding hydrogens is 669 g/mol. The molecule has 1 aliphatic rings. The van der Waals surface area contributed by atoms with Crippen LogP contribution in [0.5, 0.6) is 0 Å². The molecule has 0 saturated carbocycles. The molecule has 3 heterocycles. The van der Waals surface area contributed by atoms with Crippen molar-refractivity contribution in [3.8, 4) is 33.6 Å². The van der Waals surface area contributed by atoms with Gasteiger partial charge in [0, 0.05) is 38.5 Å². The van der Waals surface area contributed by atoms with E-state index in [4.69, 9.17) is 14.2 Å². The van der Waals surface area contributed by atoms with Gasteiger partial charge in [-0.3, -0.25) is 0 Å². The van der Waals surface area contributed by atoms with Crippen LogP contribution in [-0.4, -0.2) is 28.0 Å². The molecule has 262 valence electrons. The number of rotatable bonds is 7. The minimum absolute atomic E-state index is 0.272. The number of esters is 1. The maximum atomic E-state index is 13.8. The highest BCUT2D eigenvalue weighted by Crippen LogP contribution is 2.44. The Bertz CT molecular complexity index is 2810. The minimum Gasteiger partial charge on any atom is -0.462 e. The van der Waals surface area contributed by atoms with Gasteiger partial charge in [-0.25, -0.2) is 4.79 Å². The second-order valence-corrected chi connectivity index (χ2v) is 13.7. The third-order valence-electron chi connectivity index (χ3n) is 10.6. The molecule has 0 amide bonds. The van der Waals surface area contributed by atoms with Gasteiger partial charge in [-0.05, 0) is 90.7 Å². The molecule has 0 N–H and O–H groups in total. The summed E-state index contributed by atoms with van der Waals surface area (Å²) in [5.74, 6) is -0.366. The topological polar surface area (TPSA) is 54.6 Å². The highest BCUT2D eigenvalue weighted by molar-refractivity contribution is 6.10. The lowest BCUT2D eigenvalue weighted by atomic mass is 9.88. The van der Waals surface area contributed by atoms with Crippen molar-refractivity contribution >= 4 is 49.6 Å². The second-order valence-electron chi connectivity index (χ2n) is 13.7. The van der Waals surface area contributed by atoms with Crippen LogP contribution in [0, 0.1) is 0 Å². The summed E-state index contributed by atoms with van der Waals surface area (Å²) in [6.07, 6.45) is -0.822. The number of aromatic nitrogens is 2. The van der Waals surface area contributed by atoms with Gasteiger partial charge < -0.3 is 23.3 Å². The molecule has 0 aliphatic carbocycles. The molecule has 0 spiro atoms. The zero-order chi connectivity index (χ0) is 36.3. The van der Waals surface area contributed by atoms with Crippen LogP contribution in [0.3, 0.4) is 0 Å². The smallest absolute Gasteiger partial charge is 0.338 e. The highest BCUT2D eigenvalue weighted by atomic mass is 16.9. The summed E-state index contributed by atoms with van der Waals surface area (Å²) in [7, 11) is 0. The lowest BCUT2D eigenvalue weighted by molar-refractivity contribution is -0.382. The number of fused-ring (bicyclic) bond motifs is 6. The number of benzene rings is 7. The van der Waals surface area contributed by atoms with Gasteiger partial charge in [0.15, 0.2) is 12.6 Å². The molecule has 0 atom stereocenters. The fourth-order valence-electron chi connectivity index (χ4n) is 8.26. The molecule has 10 rings (SSSR count). The predicted octanol–water partition coefficient (Wildman–Crippen LogP) is 11.8. The molecule has 0 unspecified atom stereocenters. The van der Waals surface area contributed by atoms with Crippen molar-refractivity contribution in [2.24, 2.45) is 0 Å². The summed E-state index contributed by atoms with van der Waals surface area (Å²) in [4.78, 5) is 13.8. The van der Waals surface area contributed by atoms with Crippen LogP contribution in [0.2, 0.25) is 0 Å². The Morgan fingerprint density at radius 3 is 1.44 bits per heavy atom. The Morgan fingerprint density at radius 2 is 0.963 bits per heavy atom. The minimum atomic E-state index is -0.524. The normalized spacial score (nSPS) is 15.6. The maximum Gasteiger partial charge on any atom is 0.338 e. The van der Waals surface area contributed by atoms with E-state index in [0.29, 0.717) is 5.56 Å². The number of ether oxygens (including phenoxy) is 3. The Morgan fingerprint density at radius 1 is 0.537 bits per heavy atom. The van der Waals surface area contributed by atoms with E-state index >= 15 is 0 Å². The zero-order valence-corrected chi connectivity index (χ0v) is 29.9. The fraction of sp³-hybridized carbons (Fsp3) is 0.104. The van der Waals surface area contributed by atoms with E-state index in [-0.39, 0.29) is 18.9 Å². The molecule has 0 bridgehead atoms. The number of carbonyl (C=O) groups excluding carboxylic acids is 1. The first-order valence-corrected chi connectivity index (χ1v) is 18.4. The molecule has 9 aromatic rings. The molecule has 6 nitrogen and oxygen atoms in total. The molecule has 1 fully saturated rings. The van der Waals surface area contributed by atoms with Gasteiger partial charge in [0.2, 0.25) is 0 Å². The van der Waals surface area contributed by atoms with E-state index in [1.807, 2.05) is 38.1 Å². The summed E-state index contributed by atoms with van der Waals surface area (Å²) >= 11 is 0. The van der Waals surface area contributed by atoms with E-state index in [1.165, 1.54) is 21.5 Å². The van der Waals surface area contributed by atoms with E-state index in [9.17, 15) is 4.79 Å². The zero-order valence-electron chi connectivity index (χ0n) is 29.9. The van der Waals surface area contributed by atoms with Gasteiger partial charge >= 0.3 is 5.97 Å². The largest absolute Gasteiger partial charge is 0.462 e. The standard InChI is InChI=1S/C48H36N2O4/c1-3-52-47(51)39-26-24-31(49-43-20-10-6-16-35(43)36-17-7-11-21-44(36)49)28-41(39)33-14-4-5-15-34(33)42-29-32(25-27-40(42)48-53-30(2)54-48)50-45-22-12-8-18-37(45)38-19-9-13-23-46(38)50/h4-30,48H,3H2,1-2H3. The van der Waals surface area contributed by atoms with Gasteiger partial charge in [0.1, 0.15) is 0 Å². The van der Waals surface area contributed by atoms with Crippen molar-refractivity contribution < 1.29 is 19.0 Å². The summed E-state index contributed by atoms with van der Waals surface area (Å²) in [6, 6.07) is 54.7. The van der Waals surface area contributed by atoms with Gasteiger partial charge in [-0.1, -0.05) is 103 Å². The van der Waals surface area contributed by atoms with Gasteiger partial charge in [0.25, 0.3) is 0 Å². The van der Waals surface area contributed by atoms with E-state index in [2.05, 4.69) is 143 Å². The van der Waals surface area contributed by atoms with Gasteiger partial charge in [0.05, 0.1) is 34.2 Å². The van der Waals surface area contributed by atoms with Crippen molar-refractivity contribution in [3.63, 3.8) is 0 Å². The monoisotopic (exact) mass is 704 g/mol. The predicted molar refractivity (Wildman–Crippen MR) is 216 cm³/mol. The van der Waals surface area contributed by atoms with Crippen molar-refractivity contribution in [1.29, 1.82) is 0 Å². The van der Waals surface area contributed by atoms with Gasteiger partial charge in [-0.15, -0.1) is 0 Å². The summed E-state index contributed by atoms with van der Waals surface area (Å²) in [5, 5.41) is 4.73. The Balaban J connectivity index is 1.22. The lowest BCUT2D eigenvalue weighted by Gasteiger charge is -2.35. The van der Waals surface area contributed by atoms with E-state index in [1.54, 1.807) is 0 Å². The Kier molecular flexibility index (Phi) is 7.68. The summed E-state index contributed by atoms with van der Waals surface area (Å²) in [5.41, 5.74) is 11.4. The Hall–Kier alpha value is -6.47. The molecule has 7 aromatic carbocycles. The number of carbonyl (C=O) groups is 1. The SMILES string of the molecule is CCOC(=O)c1ccc(-n2c3ccccc3c3ccccc32)cc1-c1ccccc1-c1cc(-n2c3ccccc3c3ccccc32)ccc1C1OC(C)O1. The molecular formula is C48H36N2O4. The first-order chi connectivity index (χ1) is 26.6. The van der Waals surface area contributed by atoms with Crippen LogP contribution in [-0.2, 0) is 14.2 Å². The third-order valence-corrected chi connectivity index (χ3v) is 10.6. The van der Waals surface area contributed by atoms with Crippen LogP contribution in [0.25, 0.3) is 77.2 Å². The first-order valence-electron chi connectivity index (χ1n) is 18.4. The maximum absolute atomic E-state index is 13.8. The van der Waals surface area contributed by atoms with Crippen molar-refractivity contribution in [2.75, 3.05) is 6.61 Å². The fourth-order valence-corrected chi connectivity index (χ4v) is 8.26. The average molecular weight is 705 g/mol. The van der Waals surface area contributed by atoms with Gasteiger partial charge in [-0.2, -0.15) is 0 Å². The third kappa shape index (κ3) is 5.06. The number of nitrogens with zero attached hydrogens (tertiary/aromatic N) is 2. The Labute approximate surface area is 312 Å². The van der Waals surface area contributed by atoms with Crippen LogP contribution < -0.4 is 0 Å². The quantitative estimate of drug-likeness (QED) is 0.155. The molecule has 1 saturated heterocycles. The van der Waals surface area contributed by atoms with E-state index < -0.39 is 6.29 Å². The average Bonchev–Trinajstić information content (AvgIpc) is 3.73. The number of hydrogen-bond acceptors (Lipinski definition) is 4. The number of para-hydroxylation sites is 4. The molecule has 54 heavy (non-hydrogen) atoms. The molecule has 1 aliphatic heterocycles. The van der Waals surface area contributed by atoms with Crippen molar-refractivity contribution in [3.05, 3.63) is 169 Å². The van der Waals surface area contributed by atoms with Crippen molar-refractivity contribution in [2.45, 2.75) is 26.4 Å². The molecule has 0 radical (unpaired) electrons. The highest BCUT2D eigenvalue weighted by Gasteiger charge is 2.32. The summed E-state index contributed by atoms with van der Waals surface area (Å²) in [6.45, 7) is 4.01. The van der Waals surface area contributed by atoms with Crippen molar-refractivity contribution in [1.82, 2.24) is 9.13 Å². The number of hydrogen-bond donors (Lipinski definition) is 0. The van der Waals surface area contributed by atoms with E-state index in [0.717, 1.165) is 61.3 Å². The first kappa shape index (κ1) is 32.2. The van der Waals surface area contributed by atoms with Crippen LogP contribution in [0.15, 0.2) is 158 Å². The lowest BCUT2D eigenvalue weighted by Crippen LogP contribution is -2.32.